The third kappa shape index (κ3) is 5.81. The molecule has 2 aromatic carbocycles. The SMILES string of the molecule is O=C(CCc1ccc(C(F)(F)F)cc1)Nc1nonc1/C(=N/O)Nc1ccc(F)c(Br)c1. The highest BCUT2D eigenvalue weighted by Gasteiger charge is 2.30. The van der Waals surface area contributed by atoms with E-state index in [1.807, 2.05) is 0 Å². The molecule has 0 unspecified atom stereocenters. The molecule has 0 bridgehead atoms. The lowest BCUT2D eigenvalue weighted by molar-refractivity contribution is -0.137. The quantitative estimate of drug-likeness (QED) is 0.143. The number of aryl methyl sites for hydroxylation is 1. The van der Waals surface area contributed by atoms with Crippen molar-refractivity contribution in [1.29, 1.82) is 0 Å². The molecule has 3 rings (SSSR count). The van der Waals surface area contributed by atoms with E-state index in [2.05, 4.69) is 46.7 Å². The molecule has 0 radical (unpaired) electrons. The lowest BCUT2D eigenvalue weighted by atomic mass is 10.1. The molecule has 0 saturated heterocycles. The second-order valence-corrected chi connectivity index (χ2v) is 7.26. The smallest absolute Gasteiger partial charge is 0.409 e. The highest BCUT2D eigenvalue weighted by atomic mass is 79.9. The van der Waals surface area contributed by atoms with Gasteiger partial charge in [-0.15, -0.1) is 0 Å². The number of benzene rings is 2. The second kappa shape index (κ2) is 9.77. The fraction of sp³-hybridized carbons (Fsp3) is 0.158. The summed E-state index contributed by atoms with van der Waals surface area (Å²) in [7, 11) is 0. The van der Waals surface area contributed by atoms with Crippen LogP contribution in [0, 0.1) is 5.82 Å². The van der Waals surface area contributed by atoms with Crippen molar-refractivity contribution in [2.75, 3.05) is 10.6 Å². The first kappa shape index (κ1) is 23.2. The monoisotopic (exact) mass is 515 g/mol. The van der Waals surface area contributed by atoms with Gasteiger partial charge in [-0.2, -0.15) is 13.2 Å². The molecule has 0 spiro atoms. The third-order valence-electron chi connectivity index (χ3n) is 4.17. The Balaban J connectivity index is 1.63. The normalized spacial score (nSPS) is 12.0. The largest absolute Gasteiger partial charge is 0.416 e. The van der Waals surface area contributed by atoms with Crippen molar-refractivity contribution >= 4 is 39.2 Å². The molecule has 32 heavy (non-hydrogen) atoms. The first-order valence-electron chi connectivity index (χ1n) is 8.90. The molecule has 0 atom stereocenters. The van der Waals surface area contributed by atoms with Crippen LogP contribution in [-0.4, -0.2) is 27.3 Å². The number of oxime groups is 1. The van der Waals surface area contributed by atoms with Crippen LogP contribution in [0.2, 0.25) is 0 Å². The number of rotatable bonds is 6. The topological polar surface area (TPSA) is 113 Å². The average Bonchev–Trinajstić information content (AvgIpc) is 3.20. The Morgan fingerprint density at radius 1 is 1.12 bits per heavy atom. The molecular weight excluding hydrogens is 502 g/mol. The molecular formula is C19H14BrF4N5O3. The van der Waals surface area contributed by atoms with Crippen molar-refractivity contribution in [3.63, 3.8) is 0 Å². The Morgan fingerprint density at radius 3 is 2.47 bits per heavy atom. The van der Waals surface area contributed by atoms with E-state index in [-0.39, 0.29) is 34.7 Å². The molecule has 1 amide bonds. The van der Waals surface area contributed by atoms with Crippen LogP contribution in [0.3, 0.4) is 0 Å². The summed E-state index contributed by atoms with van der Waals surface area (Å²) >= 11 is 3.03. The Bertz CT molecular complexity index is 1130. The number of hydrogen-bond acceptors (Lipinski definition) is 6. The molecule has 13 heteroatoms. The average molecular weight is 516 g/mol. The molecule has 8 nitrogen and oxygen atoms in total. The van der Waals surface area contributed by atoms with E-state index in [1.165, 1.54) is 30.3 Å². The standard InChI is InChI=1S/C19H14BrF4N5O3/c20-13-9-12(6-7-14(13)21)25-17(27-31)16-18(29-32-28-16)26-15(30)8-3-10-1-4-11(5-2-10)19(22,23)24/h1-2,4-7,9,31H,3,8H2,(H,25,27)(H,26,29,30). The van der Waals surface area contributed by atoms with E-state index in [0.29, 0.717) is 11.3 Å². The summed E-state index contributed by atoms with van der Waals surface area (Å²) in [4.78, 5) is 12.2. The minimum absolute atomic E-state index is 0.0679. The number of nitrogens with one attached hydrogen (secondary N) is 2. The van der Waals surface area contributed by atoms with Crippen molar-refractivity contribution in [2.45, 2.75) is 19.0 Å². The number of halogens is 5. The van der Waals surface area contributed by atoms with Gasteiger partial charge in [0.05, 0.1) is 10.0 Å². The number of nitrogens with zero attached hydrogens (tertiary/aromatic N) is 3. The minimum Gasteiger partial charge on any atom is -0.409 e. The third-order valence-corrected chi connectivity index (χ3v) is 4.78. The fourth-order valence-corrected chi connectivity index (χ4v) is 2.96. The van der Waals surface area contributed by atoms with E-state index in [0.717, 1.165) is 12.1 Å². The maximum atomic E-state index is 13.4. The van der Waals surface area contributed by atoms with Crippen LogP contribution in [0.15, 0.2) is 56.7 Å². The Morgan fingerprint density at radius 2 is 1.84 bits per heavy atom. The van der Waals surface area contributed by atoms with Crippen molar-refractivity contribution in [1.82, 2.24) is 10.3 Å². The highest BCUT2D eigenvalue weighted by Crippen LogP contribution is 2.29. The summed E-state index contributed by atoms with van der Waals surface area (Å²) in [5, 5.41) is 24.6. The molecule has 3 aromatic rings. The van der Waals surface area contributed by atoms with E-state index in [1.54, 1.807) is 0 Å². The zero-order chi connectivity index (χ0) is 23.3. The van der Waals surface area contributed by atoms with Crippen LogP contribution < -0.4 is 10.6 Å². The Labute approximate surface area is 186 Å². The number of anilines is 2. The van der Waals surface area contributed by atoms with Gasteiger partial charge in [0, 0.05) is 12.1 Å². The van der Waals surface area contributed by atoms with Crippen molar-refractivity contribution in [2.24, 2.45) is 5.16 Å². The summed E-state index contributed by atoms with van der Waals surface area (Å²) in [6.45, 7) is 0. The Kier molecular flexibility index (Phi) is 7.08. The number of carbonyl (C=O) groups is 1. The maximum Gasteiger partial charge on any atom is 0.416 e. The molecule has 0 aliphatic rings. The number of amides is 1. The first-order valence-corrected chi connectivity index (χ1v) is 9.69. The lowest BCUT2D eigenvalue weighted by Crippen LogP contribution is -2.19. The predicted molar refractivity (Wildman–Crippen MR) is 109 cm³/mol. The van der Waals surface area contributed by atoms with Crippen LogP contribution in [-0.2, 0) is 17.4 Å². The van der Waals surface area contributed by atoms with Crippen molar-refractivity contribution < 1.29 is 32.2 Å². The number of amidine groups is 1. The minimum atomic E-state index is -4.43. The number of aromatic nitrogens is 2. The second-order valence-electron chi connectivity index (χ2n) is 6.41. The van der Waals surface area contributed by atoms with Crippen LogP contribution in [0.1, 0.15) is 23.2 Å². The van der Waals surface area contributed by atoms with Gasteiger partial charge >= 0.3 is 6.18 Å². The number of hydrogen-bond donors (Lipinski definition) is 3. The van der Waals surface area contributed by atoms with Gasteiger partial charge in [0.2, 0.25) is 17.6 Å². The molecule has 0 saturated carbocycles. The summed E-state index contributed by atoms with van der Waals surface area (Å²) in [6.07, 6.45) is -4.33. The summed E-state index contributed by atoms with van der Waals surface area (Å²) < 4.78 is 56.0. The molecule has 168 valence electrons. The molecule has 0 aliphatic heterocycles. The van der Waals surface area contributed by atoms with Gasteiger partial charge in [0.25, 0.3) is 0 Å². The summed E-state index contributed by atoms with van der Waals surface area (Å²) in [5.41, 5.74) is -0.0298. The van der Waals surface area contributed by atoms with Gasteiger partial charge in [0.1, 0.15) is 5.82 Å². The van der Waals surface area contributed by atoms with Crippen LogP contribution in [0.4, 0.5) is 29.1 Å². The zero-order valence-electron chi connectivity index (χ0n) is 16.0. The zero-order valence-corrected chi connectivity index (χ0v) is 17.5. The van der Waals surface area contributed by atoms with E-state index < -0.39 is 23.5 Å². The van der Waals surface area contributed by atoms with E-state index >= 15 is 0 Å². The predicted octanol–water partition coefficient (Wildman–Crippen LogP) is 4.81. The number of alkyl halides is 3. The highest BCUT2D eigenvalue weighted by molar-refractivity contribution is 9.10. The maximum absolute atomic E-state index is 13.4. The molecule has 0 fully saturated rings. The molecule has 0 aliphatic carbocycles. The molecule has 3 N–H and O–H groups in total. The van der Waals surface area contributed by atoms with Gasteiger partial charge in [-0.1, -0.05) is 17.3 Å². The molecule has 1 aromatic heterocycles. The Hall–Kier alpha value is -3.48. The van der Waals surface area contributed by atoms with Gasteiger partial charge < -0.3 is 15.8 Å². The van der Waals surface area contributed by atoms with Gasteiger partial charge in [-0.05, 0) is 68.6 Å². The first-order chi connectivity index (χ1) is 15.2. The van der Waals surface area contributed by atoms with Crippen molar-refractivity contribution in [3.8, 4) is 0 Å². The van der Waals surface area contributed by atoms with Crippen LogP contribution in [0.5, 0.6) is 0 Å². The lowest BCUT2D eigenvalue weighted by Gasteiger charge is -2.09. The van der Waals surface area contributed by atoms with E-state index in [4.69, 9.17) is 0 Å². The van der Waals surface area contributed by atoms with Gasteiger partial charge in [-0.3, -0.25) is 4.79 Å². The number of carbonyl (C=O) groups excluding carboxylic acids is 1. The van der Waals surface area contributed by atoms with E-state index in [9.17, 15) is 27.6 Å². The molecule has 1 heterocycles. The summed E-state index contributed by atoms with van der Waals surface area (Å²) in [6, 6.07) is 8.40. The van der Waals surface area contributed by atoms with Crippen LogP contribution in [0.25, 0.3) is 0 Å². The van der Waals surface area contributed by atoms with Gasteiger partial charge in [-0.25, -0.2) is 9.02 Å². The van der Waals surface area contributed by atoms with Crippen LogP contribution >= 0.6 is 15.9 Å². The summed E-state index contributed by atoms with van der Waals surface area (Å²) in [5.74, 6) is -1.41. The fourth-order valence-electron chi connectivity index (χ4n) is 2.58. The van der Waals surface area contributed by atoms with Gasteiger partial charge in [0.15, 0.2) is 5.69 Å². The van der Waals surface area contributed by atoms with Crippen molar-refractivity contribution in [3.05, 3.63) is 69.6 Å².